The first kappa shape index (κ1) is 13.5. The molecule has 1 N–H and O–H groups in total. The second-order valence-corrected chi connectivity index (χ2v) is 4.18. The highest BCUT2D eigenvalue weighted by Crippen LogP contribution is 2.20. The van der Waals surface area contributed by atoms with Crippen LogP contribution in [-0.2, 0) is 0 Å². The van der Waals surface area contributed by atoms with Crippen molar-refractivity contribution < 1.29 is 5.11 Å². The number of unbranched alkanes of at least 4 members (excludes halogenated alkanes) is 1. The molecule has 0 bridgehead atoms. The highest BCUT2D eigenvalue weighted by molar-refractivity contribution is 5.68. The molecule has 92 valence electrons. The Balaban J connectivity index is 2.85. The van der Waals surface area contributed by atoms with Crippen molar-refractivity contribution in [3.63, 3.8) is 0 Å². The van der Waals surface area contributed by atoms with Crippen LogP contribution in [0.5, 0.6) is 0 Å². The molecule has 0 radical (unpaired) electrons. The molecule has 1 rings (SSSR count). The summed E-state index contributed by atoms with van der Waals surface area (Å²) in [6.07, 6.45) is 7.77. The van der Waals surface area contributed by atoms with E-state index >= 15 is 0 Å². The minimum absolute atomic E-state index is 0.248. The van der Waals surface area contributed by atoms with E-state index in [-0.39, 0.29) is 6.61 Å². The number of anilines is 1. The van der Waals surface area contributed by atoms with Crippen LogP contribution in [0.15, 0.2) is 30.9 Å². The van der Waals surface area contributed by atoms with Crippen LogP contribution in [-0.4, -0.2) is 25.8 Å². The normalized spacial score (nSPS) is 10.8. The fourth-order valence-corrected chi connectivity index (χ4v) is 1.59. The molecule has 0 heterocycles. The lowest BCUT2D eigenvalue weighted by molar-refractivity contribution is 0.290. The number of nitrogens with zero attached hydrogens (tertiary/aromatic N) is 1. The molecule has 0 aliphatic heterocycles. The molecule has 0 aliphatic rings. The average molecular weight is 231 g/mol. The van der Waals surface area contributed by atoms with Gasteiger partial charge in [0.2, 0.25) is 0 Å². The van der Waals surface area contributed by atoms with E-state index in [1.54, 1.807) is 0 Å². The monoisotopic (exact) mass is 231 g/mol. The molecule has 2 nitrogen and oxygen atoms in total. The fraction of sp³-hybridized carbons (Fsp3) is 0.333. The lowest BCUT2D eigenvalue weighted by atomic mass is 10.1. The lowest BCUT2D eigenvalue weighted by Crippen LogP contribution is -2.08. The van der Waals surface area contributed by atoms with Crippen LogP contribution in [0.1, 0.15) is 24.0 Å². The van der Waals surface area contributed by atoms with Crippen molar-refractivity contribution in [3.8, 4) is 0 Å². The Bertz CT molecular complexity index is 394. The standard InChI is InChI=1S/C15H21NO/c1-4-13-12-15(16(2)3)10-9-14(13)8-6-5-7-11-17/h4,6,8-10,12,17H,1,5,7,11H2,2-3H3. The highest BCUT2D eigenvalue weighted by atomic mass is 16.2. The Hall–Kier alpha value is -1.54. The molecular formula is C15H21NO. The predicted octanol–water partition coefficient (Wildman–Crippen LogP) is 3.18. The van der Waals surface area contributed by atoms with Gasteiger partial charge in [0.1, 0.15) is 0 Å². The molecule has 0 fully saturated rings. The Morgan fingerprint density at radius 1 is 1.29 bits per heavy atom. The Labute approximate surface area is 104 Å². The zero-order valence-corrected chi connectivity index (χ0v) is 10.7. The van der Waals surface area contributed by atoms with Crippen molar-refractivity contribution in [1.82, 2.24) is 0 Å². The molecule has 1 aromatic rings. The van der Waals surface area contributed by atoms with E-state index < -0.39 is 0 Å². The molecule has 0 aliphatic carbocycles. The van der Waals surface area contributed by atoms with Gasteiger partial charge in [-0.25, -0.2) is 0 Å². The van der Waals surface area contributed by atoms with Crippen LogP contribution in [0.4, 0.5) is 5.69 Å². The van der Waals surface area contributed by atoms with Gasteiger partial charge in [0, 0.05) is 26.4 Å². The van der Waals surface area contributed by atoms with Crippen molar-refractivity contribution in [1.29, 1.82) is 0 Å². The van der Waals surface area contributed by atoms with Crippen LogP contribution < -0.4 is 4.90 Å². The zero-order chi connectivity index (χ0) is 12.7. The maximum absolute atomic E-state index is 8.71. The third-order valence-electron chi connectivity index (χ3n) is 2.63. The molecular weight excluding hydrogens is 210 g/mol. The van der Waals surface area contributed by atoms with Gasteiger partial charge in [-0.1, -0.05) is 30.9 Å². The van der Waals surface area contributed by atoms with Crippen molar-refractivity contribution in [2.75, 3.05) is 25.6 Å². The van der Waals surface area contributed by atoms with Crippen LogP contribution in [0, 0.1) is 0 Å². The van der Waals surface area contributed by atoms with E-state index in [0.717, 1.165) is 18.4 Å². The van der Waals surface area contributed by atoms with Gasteiger partial charge in [-0.2, -0.15) is 0 Å². The van der Waals surface area contributed by atoms with Crippen molar-refractivity contribution in [2.24, 2.45) is 0 Å². The molecule has 0 aromatic heterocycles. The average Bonchev–Trinajstić information content (AvgIpc) is 2.34. The lowest BCUT2D eigenvalue weighted by Gasteiger charge is -2.14. The molecule has 2 heteroatoms. The second kappa shape index (κ2) is 6.92. The summed E-state index contributed by atoms with van der Waals surface area (Å²) in [7, 11) is 4.05. The minimum Gasteiger partial charge on any atom is -0.396 e. The summed E-state index contributed by atoms with van der Waals surface area (Å²) in [5.41, 5.74) is 3.48. The molecule has 0 saturated heterocycles. The maximum atomic E-state index is 8.71. The zero-order valence-electron chi connectivity index (χ0n) is 10.7. The maximum Gasteiger partial charge on any atom is 0.0433 e. The van der Waals surface area contributed by atoms with E-state index in [2.05, 4.69) is 41.8 Å². The third kappa shape index (κ3) is 4.08. The second-order valence-electron chi connectivity index (χ2n) is 4.18. The number of benzene rings is 1. The highest BCUT2D eigenvalue weighted by Gasteiger charge is 1.99. The number of hydrogen-bond acceptors (Lipinski definition) is 2. The van der Waals surface area contributed by atoms with Gasteiger partial charge in [-0.05, 0) is 36.1 Å². The Morgan fingerprint density at radius 3 is 2.65 bits per heavy atom. The summed E-state index contributed by atoms with van der Waals surface area (Å²) in [6, 6.07) is 6.32. The van der Waals surface area contributed by atoms with E-state index in [1.165, 1.54) is 11.3 Å². The number of rotatable bonds is 6. The van der Waals surface area contributed by atoms with Crippen molar-refractivity contribution >= 4 is 17.8 Å². The molecule has 17 heavy (non-hydrogen) atoms. The summed E-state index contributed by atoms with van der Waals surface area (Å²) in [6.45, 7) is 4.09. The number of allylic oxidation sites excluding steroid dienone is 1. The molecule has 1 aromatic carbocycles. The van der Waals surface area contributed by atoms with E-state index in [0.29, 0.717) is 0 Å². The Kier molecular flexibility index (Phi) is 5.50. The van der Waals surface area contributed by atoms with E-state index in [1.807, 2.05) is 20.2 Å². The summed E-state index contributed by atoms with van der Waals surface area (Å²) in [5, 5.41) is 8.71. The predicted molar refractivity (Wildman–Crippen MR) is 76.2 cm³/mol. The van der Waals surface area contributed by atoms with E-state index in [4.69, 9.17) is 5.11 Å². The third-order valence-corrected chi connectivity index (χ3v) is 2.63. The van der Waals surface area contributed by atoms with Gasteiger partial charge in [-0.3, -0.25) is 0 Å². The van der Waals surface area contributed by atoms with Crippen LogP contribution in [0.2, 0.25) is 0 Å². The first-order valence-corrected chi connectivity index (χ1v) is 5.90. The summed E-state index contributed by atoms with van der Waals surface area (Å²) >= 11 is 0. The van der Waals surface area contributed by atoms with Gasteiger partial charge in [0.25, 0.3) is 0 Å². The molecule has 0 amide bonds. The summed E-state index contributed by atoms with van der Waals surface area (Å²) < 4.78 is 0. The largest absolute Gasteiger partial charge is 0.396 e. The smallest absolute Gasteiger partial charge is 0.0433 e. The quantitative estimate of drug-likeness (QED) is 0.760. The first-order chi connectivity index (χ1) is 8.19. The Morgan fingerprint density at radius 2 is 2.06 bits per heavy atom. The SMILES string of the molecule is C=Cc1cc(N(C)C)ccc1C=CCCCO. The summed E-state index contributed by atoms with van der Waals surface area (Å²) in [4.78, 5) is 2.08. The number of hydrogen-bond donors (Lipinski definition) is 1. The first-order valence-electron chi connectivity index (χ1n) is 5.90. The molecule has 0 unspecified atom stereocenters. The summed E-state index contributed by atoms with van der Waals surface area (Å²) in [5.74, 6) is 0. The number of aliphatic hydroxyl groups is 1. The molecule has 0 saturated carbocycles. The van der Waals surface area contributed by atoms with E-state index in [9.17, 15) is 0 Å². The molecule has 0 atom stereocenters. The van der Waals surface area contributed by atoms with Crippen LogP contribution in [0.25, 0.3) is 12.2 Å². The van der Waals surface area contributed by atoms with Gasteiger partial charge >= 0.3 is 0 Å². The van der Waals surface area contributed by atoms with Gasteiger partial charge in [-0.15, -0.1) is 0 Å². The van der Waals surface area contributed by atoms with Crippen LogP contribution >= 0.6 is 0 Å². The van der Waals surface area contributed by atoms with Crippen LogP contribution in [0.3, 0.4) is 0 Å². The fourth-order valence-electron chi connectivity index (χ4n) is 1.59. The van der Waals surface area contributed by atoms with Gasteiger partial charge in [0.15, 0.2) is 0 Å². The van der Waals surface area contributed by atoms with Gasteiger partial charge in [0.05, 0.1) is 0 Å². The molecule has 0 spiro atoms. The number of aliphatic hydroxyl groups excluding tert-OH is 1. The van der Waals surface area contributed by atoms with Crippen molar-refractivity contribution in [3.05, 3.63) is 42.0 Å². The minimum atomic E-state index is 0.248. The van der Waals surface area contributed by atoms with Gasteiger partial charge < -0.3 is 10.0 Å². The topological polar surface area (TPSA) is 23.5 Å². The van der Waals surface area contributed by atoms with Crippen molar-refractivity contribution in [2.45, 2.75) is 12.8 Å².